The first-order valence-electron chi connectivity index (χ1n) is 5.72. The fourth-order valence-electron chi connectivity index (χ4n) is 1.72. The van der Waals surface area contributed by atoms with Gasteiger partial charge in [0.1, 0.15) is 0 Å². The van der Waals surface area contributed by atoms with Gasteiger partial charge in [0, 0.05) is 23.0 Å². The molecule has 0 amide bonds. The van der Waals surface area contributed by atoms with E-state index in [1.54, 1.807) is 0 Å². The number of carboxylic acid groups (broad SMARTS) is 1. The van der Waals surface area contributed by atoms with Gasteiger partial charge in [-0.3, -0.25) is 4.79 Å². The molecule has 0 aliphatic heterocycles. The smallest absolute Gasteiger partial charge is 0.303 e. The Kier molecular flexibility index (Phi) is 5.65. The number of hydrogen-bond donors (Lipinski definition) is 2. The predicted molar refractivity (Wildman–Crippen MR) is 72.0 cm³/mol. The fraction of sp³-hybridized carbons (Fsp3) is 0.462. The molecule has 17 heavy (non-hydrogen) atoms. The molecule has 1 aromatic carbocycles. The first-order valence-corrected chi connectivity index (χ1v) is 6.51. The molecule has 2 N–H and O–H groups in total. The molecule has 0 aliphatic rings. The molecule has 94 valence electrons. The van der Waals surface area contributed by atoms with Crippen LogP contribution in [0.3, 0.4) is 0 Å². The molecule has 3 nitrogen and oxygen atoms in total. The first kappa shape index (κ1) is 14.2. The summed E-state index contributed by atoms with van der Waals surface area (Å²) in [5, 5.41) is 12.0. The third-order valence-electron chi connectivity index (χ3n) is 2.67. The number of hydrogen-bond acceptors (Lipinski definition) is 2. The van der Waals surface area contributed by atoms with E-state index in [9.17, 15) is 4.79 Å². The van der Waals surface area contributed by atoms with Crippen LogP contribution in [0.5, 0.6) is 0 Å². The summed E-state index contributed by atoms with van der Waals surface area (Å²) in [5.74, 6) is -0.742. The van der Waals surface area contributed by atoms with Crippen LogP contribution in [0.1, 0.15) is 38.3 Å². The fourth-order valence-corrected chi connectivity index (χ4v) is 2.14. The van der Waals surface area contributed by atoms with E-state index >= 15 is 0 Å². The number of nitrogens with one attached hydrogen (secondary N) is 1. The lowest BCUT2D eigenvalue weighted by Crippen LogP contribution is -2.29. The van der Waals surface area contributed by atoms with Crippen LogP contribution in [0, 0.1) is 0 Å². The molecular weight excluding hydrogens is 282 g/mol. The standard InChI is InChI=1S/C13H18BrNO2/c1-9(6-7-13(16)17)15-10(2)11-4-3-5-12(14)8-11/h3-5,8-10,15H,6-7H2,1-2H3,(H,16,17). The van der Waals surface area contributed by atoms with Crippen LogP contribution in [0.2, 0.25) is 0 Å². The summed E-state index contributed by atoms with van der Waals surface area (Å²) in [4.78, 5) is 10.5. The number of rotatable bonds is 6. The maximum atomic E-state index is 10.5. The van der Waals surface area contributed by atoms with Gasteiger partial charge in [0.15, 0.2) is 0 Å². The van der Waals surface area contributed by atoms with E-state index in [2.05, 4.69) is 40.3 Å². The van der Waals surface area contributed by atoms with E-state index in [1.807, 2.05) is 19.1 Å². The van der Waals surface area contributed by atoms with E-state index in [0.29, 0.717) is 6.42 Å². The molecule has 4 heteroatoms. The second-order valence-corrected chi connectivity index (χ2v) is 5.19. The number of carboxylic acids is 1. The molecular formula is C13H18BrNO2. The van der Waals surface area contributed by atoms with Gasteiger partial charge in [-0.25, -0.2) is 0 Å². The normalized spacial score (nSPS) is 14.3. The van der Waals surface area contributed by atoms with E-state index in [1.165, 1.54) is 5.56 Å². The van der Waals surface area contributed by atoms with Crippen molar-refractivity contribution in [2.24, 2.45) is 0 Å². The summed E-state index contributed by atoms with van der Waals surface area (Å²) in [6.07, 6.45) is 0.854. The average molecular weight is 300 g/mol. The number of aliphatic carboxylic acids is 1. The number of carbonyl (C=O) groups is 1. The number of halogens is 1. The Bertz CT molecular complexity index is 381. The zero-order valence-electron chi connectivity index (χ0n) is 10.1. The Morgan fingerprint density at radius 3 is 2.76 bits per heavy atom. The van der Waals surface area contributed by atoms with Crippen molar-refractivity contribution in [2.45, 2.75) is 38.8 Å². The molecule has 0 saturated carbocycles. The predicted octanol–water partition coefficient (Wildman–Crippen LogP) is 3.35. The molecule has 0 aromatic heterocycles. The summed E-state index contributed by atoms with van der Waals surface area (Å²) < 4.78 is 1.06. The lowest BCUT2D eigenvalue weighted by molar-refractivity contribution is -0.137. The van der Waals surface area contributed by atoms with E-state index in [-0.39, 0.29) is 18.5 Å². The second kappa shape index (κ2) is 6.77. The van der Waals surface area contributed by atoms with Crippen LogP contribution in [-0.2, 0) is 4.79 Å². The van der Waals surface area contributed by atoms with Crippen LogP contribution in [0.25, 0.3) is 0 Å². The highest BCUT2D eigenvalue weighted by Crippen LogP contribution is 2.18. The summed E-state index contributed by atoms with van der Waals surface area (Å²) in [6, 6.07) is 8.54. The Morgan fingerprint density at radius 2 is 2.18 bits per heavy atom. The zero-order chi connectivity index (χ0) is 12.8. The largest absolute Gasteiger partial charge is 0.481 e. The topological polar surface area (TPSA) is 49.3 Å². The van der Waals surface area contributed by atoms with Crippen LogP contribution in [0.15, 0.2) is 28.7 Å². The quantitative estimate of drug-likeness (QED) is 0.847. The van der Waals surface area contributed by atoms with Gasteiger partial charge in [0.25, 0.3) is 0 Å². The molecule has 0 spiro atoms. The number of benzene rings is 1. The molecule has 0 saturated heterocycles. The Morgan fingerprint density at radius 1 is 1.47 bits per heavy atom. The van der Waals surface area contributed by atoms with Crippen molar-refractivity contribution in [3.63, 3.8) is 0 Å². The second-order valence-electron chi connectivity index (χ2n) is 4.28. The van der Waals surface area contributed by atoms with Gasteiger partial charge < -0.3 is 10.4 Å². The van der Waals surface area contributed by atoms with Crippen molar-refractivity contribution >= 4 is 21.9 Å². The Labute approximate surface area is 110 Å². The van der Waals surface area contributed by atoms with E-state index in [4.69, 9.17) is 5.11 Å². The van der Waals surface area contributed by atoms with Crippen LogP contribution >= 0.6 is 15.9 Å². The molecule has 2 unspecified atom stereocenters. The third-order valence-corrected chi connectivity index (χ3v) is 3.17. The van der Waals surface area contributed by atoms with Crippen molar-refractivity contribution in [1.82, 2.24) is 5.32 Å². The van der Waals surface area contributed by atoms with E-state index < -0.39 is 5.97 Å². The summed E-state index contributed by atoms with van der Waals surface area (Å²) >= 11 is 3.44. The van der Waals surface area contributed by atoms with Gasteiger partial charge in [-0.1, -0.05) is 28.1 Å². The summed E-state index contributed by atoms with van der Waals surface area (Å²) in [5.41, 5.74) is 1.20. The molecule has 0 bridgehead atoms. The molecule has 0 radical (unpaired) electrons. The van der Waals surface area contributed by atoms with Crippen LogP contribution < -0.4 is 5.32 Å². The monoisotopic (exact) mass is 299 g/mol. The zero-order valence-corrected chi connectivity index (χ0v) is 11.7. The average Bonchev–Trinajstić information content (AvgIpc) is 2.26. The molecule has 1 rings (SSSR count). The Hall–Kier alpha value is -0.870. The third kappa shape index (κ3) is 5.33. The van der Waals surface area contributed by atoms with Crippen molar-refractivity contribution in [2.75, 3.05) is 0 Å². The minimum atomic E-state index is -0.742. The van der Waals surface area contributed by atoms with Crippen LogP contribution in [0.4, 0.5) is 0 Å². The first-order chi connectivity index (χ1) is 7.99. The lowest BCUT2D eigenvalue weighted by Gasteiger charge is -2.20. The Balaban J connectivity index is 2.48. The van der Waals surface area contributed by atoms with Gasteiger partial charge in [-0.2, -0.15) is 0 Å². The maximum Gasteiger partial charge on any atom is 0.303 e. The van der Waals surface area contributed by atoms with Crippen molar-refractivity contribution < 1.29 is 9.90 Å². The minimum Gasteiger partial charge on any atom is -0.481 e. The van der Waals surface area contributed by atoms with Gasteiger partial charge in [0.2, 0.25) is 0 Å². The van der Waals surface area contributed by atoms with Gasteiger partial charge in [-0.15, -0.1) is 0 Å². The lowest BCUT2D eigenvalue weighted by atomic mass is 10.1. The SMILES string of the molecule is CC(CCC(=O)O)NC(C)c1cccc(Br)c1. The highest BCUT2D eigenvalue weighted by Gasteiger charge is 2.10. The van der Waals surface area contributed by atoms with E-state index in [0.717, 1.165) is 4.47 Å². The van der Waals surface area contributed by atoms with Gasteiger partial charge in [0.05, 0.1) is 0 Å². The van der Waals surface area contributed by atoms with Crippen molar-refractivity contribution in [3.05, 3.63) is 34.3 Å². The van der Waals surface area contributed by atoms with Crippen LogP contribution in [-0.4, -0.2) is 17.1 Å². The van der Waals surface area contributed by atoms with Gasteiger partial charge >= 0.3 is 5.97 Å². The minimum absolute atomic E-state index is 0.195. The van der Waals surface area contributed by atoms with Crippen molar-refractivity contribution in [3.8, 4) is 0 Å². The molecule has 1 aromatic rings. The highest BCUT2D eigenvalue weighted by molar-refractivity contribution is 9.10. The summed E-state index contributed by atoms with van der Waals surface area (Å²) in [6.45, 7) is 4.09. The molecule has 0 fully saturated rings. The van der Waals surface area contributed by atoms with Gasteiger partial charge in [-0.05, 0) is 38.0 Å². The highest BCUT2D eigenvalue weighted by atomic mass is 79.9. The maximum absolute atomic E-state index is 10.5. The summed E-state index contributed by atoms with van der Waals surface area (Å²) in [7, 11) is 0. The molecule has 2 atom stereocenters. The molecule has 0 heterocycles. The molecule has 0 aliphatic carbocycles. The van der Waals surface area contributed by atoms with Crippen molar-refractivity contribution in [1.29, 1.82) is 0 Å².